The summed E-state index contributed by atoms with van der Waals surface area (Å²) < 4.78 is 5.94. The molecule has 0 aliphatic rings. The molecule has 0 heterocycles. The fourth-order valence-electron chi connectivity index (χ4n) is 2.09. The Morgan fingerprint density at radius 2 is 1.71 bits per heavy atom. The highest BCUT2D eigenvalue weighted by Crippen LogP contribution is 2.21. The molecule has 0 saturated heterocycles. The first-order chi connectivity index (χ1) is 10.3. The number of hydrogen-bond donors (Lipinski definition) is 1. The van der Waals surface area contributed by atoms with Crippen LogP contribution in [0.3, 0.4) is 0 Å². The fourth-order valence-corrected chi connectivity index (χ4v) is 2.28. The summed E-state index contributed by atoms with van der Waals surface area (Å²) in [5.74, 6) is 0.918. The molecule has 2 aromatic carbocycles. The largest absolute Gasteiger partial charge is 0.489 e. The Bertz CT molecular complexity index is 556. The van der Waals surface area contributed by atoms with Gasteiger partial charge in [0.2, 0.25) is 0 Å². The van der Waals surface area contributed by atoms with Crippen molar-refractivity contribution in [1.29, 1.82) is 0 Å². The summed E-state index contributed by atoms with van der Waals surface area (Å²) in [6, 6.07) is 15.9. The number of para-hydroxylation sites is 1. The molecule has 0 atom stereocenters. The van der Waals surface area contributed by atoms with E-state index in [0.29, 0.717) is 6.61 Å². The number of benzene rings is 2. The van der Waals surface area contributed by atoms with Gasteiger partial charge in [0.05, 0.1) is 0 Å². The second-order valence-electron chi connectivity index (χ2n) is 5.02. The first-order valence-corrected chi connectivity index (χ1v) is 7.84. The maximum atomic E-state index is 6.16. The average Bonchev–Trinajstić information content (AvgIpc) is 2.52. The molecule has 0 spiro atoms. The molecular formula is C18H22ClNO. The number of rotatable bonds is 8. The summed E-state index contributed by atoms with van der Waals surface area (Å²) in [4.78, 5) is 0. The minimum atomic E-state index is 0.492. The van der Waals surface area contributed by atoms with Gasteiger partial charge in [-0.3, -0.25) is 0 Å². The number of nitrogens with one attached hydrogen (secondary N) is 1. The lowest BCUT2D eigenvalue weighted by Gasteiger charge is -2.13. The predicted molar refractivity (Wildman–Crippen MR) is 88.8 cm³/mol. The summed E-state index contributed by atoms with van der Waals surface area (Å²) in [5.41, 5.74) is 2.19. The summed E-state index contributed by atoms with van der Waals surface area (Å²) >= 11 is 6.16. The van der Waals surface area contributed by atoms with Crippen molar-refractivity contribution < 1.29 is 4.74 Å². The number of halogens is 1. The van der Waals surface area contributed by atoms with Crippen LogP contribution in [0.4, 0.5) is 0 Å². The lowest BCUT2D eigenvalue weighted by molar-refractivity contribution is 0.302. The molecular weight excluding hydrogens is 282 g/mol. The van der Waals surface area contributed by atoms with Gasteiger partial charge in [-0.05, 0) is 25.1 Å². The molecule has 0 fully saturated rings. The van der Waals surface area contributed by atoms with Gasteiger partial charge in [0.15, 0.2) is 0 Å². The Kier molecular flexibility index (Phi) is 6.58. The Morgan fingerprint density at radius 1 is 1.00 bits per heavy atom. The first-order valence-electron chi connectivity index (χ1n) is 7.46. The highest BCUT2D eigenvalue weighted by molar-refractivity contribution is 6.31. The predicted octanol–water partition coefficient (Wildman–Crippen LogP) is 4.81. The molecule has 3 heteroatoms. The van der Waals surface area contributed by atoms with Crippen LogP contribution in [0, 0.1) is 0 Å². The lowest BCUT2D eigenvalue weighted by Crippen LogP contribution is -2.15. The molecule has 0 unspecified atom stereocenters. The van der Waals surface area contributed by atoms with Crippen molar-refractivity contribution in [3.05, 3.63) is 64.7 Å². The van der Waals surface area contributed by atoms with Crippen molar-refractivity contribution in [3.63, 3.8) is 0 Å². The van der Waals surface area contributed by atoms with E-state index in [1.807, 2.05) is 42.5 Å². The molecule has 0 radical (unpaired) electrons. The molecule has 0 aromatic heterocycles. The second-order valence-corrected chi connectivity index (χ2v) is 5.43. The highest BCUT2D eigenvalue weighted by Gasteiger charge is 2.04. The van der Waals surface area contributed by atoms with E-state index >= 15 is 0 Å². The van der Waals surface area contributed by atoms with Crippen LogP contribution < -0.4 is 10.1 Å². The van der Waals surface area contributed by atoms with Gasteiger partial charge in [-0.25, -0.2) is 0 Å². The van der Waals surface area contributed by atoms with Gasteiger partial charge >= 0.3 is 0 Å². The molecule has 21 heavy (non-hydrogen) atoms. The smallest absolute Gasteiger partial charge is 0.124 e. The maximum Gasteiger partial charge on any atom is 0.124 e. The minimum Gasteiger partial charge on any atom is -0.489 e. The van der Waals surface area contributed by atoms with Gasteiger partial charge < -0.3 is 10.1 Å². The molecule has 0 bridgehead atoms. The van der Waals surface area contributed by atoms with Crippen molar-refractivity contribution in [2.75, 3.05) is 6.54 Å². The molecule has 0 aliphatic carbocycles. The number of ether oxygens (including phenoxy) is 1. The van der Waals surface area contributed by atoms with Crippen LogP contribution in [0.2, 0.25) is 5.02 Å². The van der Waals surface area contributed by atoms with Crippen LogP contribution in [0.5, 0.6) is 5.75 Å². The third kappa shape index (κ3) is 5.07. The maximum absolute atomic E-state index is 6.16. The topological polar surface area (TPSA) is 21.3 Å². The van der Waals surface area contributed by atoms with E-state index in [4.69, 9.17) is 16.3 Å². The normalized spacial score (nSPS) is 10.6. The number of unbranched alkanes of at least 4 members (excludes halogenated alkanes) is 1. The minimum absolute atomic E-state index is 0.492. The molecule has 112 valence electrons. The van der Waals surface area contributed by atoms with Crippen molar-refractivity contribution in [1.82, 2.24) is 5.32 Å². The molecule has 1 N–H and O–H groups in total. The zero-order valence-electron chi connectivity index (χ0n) is 12.4. The van der Waals surface area contributed by atoms with Crippen molar-refractivity contribution in [3.8, 4) is 5.75 Å². The van der Waals surface area contributed by atoms with E-state index in [-0.39, 0.29) is 0 Å². The standard InChI is InChI=1S/C18H22ClNO/c1-2-3-12-20-13-15-8-5-7-11-18(15)21-14-16-9-4-6-10-17(16)19/h4-11,20H,2-3,12-14H2,1H3. The monoisotopic (exact) mass is 303 g/mol. The lowest BCUT2D eigenvalue weighted by atomic mass is 10.2. The molecule has 0 amide bonds. The van der Waals surface area contributed by atoms with Gasteiger partial charge in [0.1, 0.15) is 12.4 Å². The van der Waals surface area contributed by atoms with E-state index in [1.165, 1.54) is 18.4 Å². The summed E-state index contributed by atoms with van der Waals surface area (Å²) in [5, 5.41) is 4.19. The summed E-state index contributed by atoms with van der Waals surface area (Å²) in [6.07, 6.45) is 2.40. The van der Waals surface area contributed by atoms with E-state index in [9.17, 15) is 0 Å². The van der Waals surface area contributed by atoms with Gasteiger partial charge in [-0.1, -0.05) is 61.3 Å². The first kappa shape index (κ1) is 15.9. The van der Waals surface area contributed by atoms with E-state index in [1.54, 1.807) is 0 Å². The highest BCUT2D eigenvalue weighted by atomic mass is 35.5. The van der Waals surface area contributed by atoms with Crippen LogP contribution in [0.1, 0.15) is 30.9 Å². The second kappa shape index (κ2) is 8.71. The Balaban J connectivity index is 1.95. The molecule has 2 nitrogen and oxygen atoms in total. The van der Waals surface area contributed by atoms with Gasteiger partial charge in [-0.15, -0.1) is 0 Å². The van der Waals surface area contributed by atoms with Crippen LogP contribution in [-0.2, 0) is 13.2 Å². The van der Waals surface area contributed by atoms with Crippen LogP contribution in [0.25, 0.3) is 0 Å². The average molecular weight is 304 g/mol. The van der Waals surface area contributed by atoms with Crippen molar-refractivity contribution in [2.45, 2.75) is 32.9 Å². The Hall–Kier alpha value is -1.51. The molecule has 0 saturated carbocycles. The van der Waals surface area contributed by atoms with E-state index < -0.39 is 0 Å². The third-order valence-electron chi connectivity index (χ3n) is 3.34. The quantitative estimate of drug-likeness (QED) is 0.707. The van der Waals surface area contributed by atoms with Crippen molar-refractivity contribution >= 4 is 11.6 Å². The van der Waals surface area contributed by atoms with Gasteiger partial charge in [-0.2, -0.15) is 0 Å². The van der Waals surface area contributed by atoms with Crippen LogP contribution in [-0.4, -0.2) is 6.54 Å². The zero-order valence-corrected chi connectivity index (χ0v) is 13.2. The van der Waals surface area contributed by atoms with Gasteiger partial charge in [0.25, 0.3) is 0 Å². The van der Waals surface area contributed by atoms with Crippen LogP contribution >= 0.6 is 11.6 Å². The van der Waals surface area contributed by atoms with Crippen molar-refractivity contribution in [2.24, 2.45) is 0 Å². The van der Waals surface area contributed by atoms with Gasteiger partial charge in [0, 0.05) is 22.7 Å². The van der Waals surface area contributed by atoms with E-state index in [2.05, 4.69) is 18.3 Å². The zero-order chi connectivity index (χ0) is 14.9. The Morgan fingerprint density at radius 3 is 2.48 bits per heavy atom. The third-order valence-corrected chi connectivity index (χ3v) is 3.70. The molecule has 2 aromatic rings. The number of hydrogen-bond acceptors (Lipinski definition) is 2. The molecule has 2 rings (SSSR count). The fraction of sp³-hybridized carbons (Fsp3) is 0.333. The summed E-state index contributed by atoms with van der Waals surface area (Å²) in [7, 11) is 0. The molecule has 0 aliphatic heterocycles. The van der Waals surface area contributed by atoms with Crippen LogP contribution in [0.15, 0.2) is 48.5 Å². The summed E-state index contributed by atoms with van der Waals surface area (Å²) in [6.45, 7) is 4.56. The SMILES string of the molecule is CCCCNCc1ccccc1OCc1ccccc1Cl. The Labute approximate surface area is 132 Å². The van der Waals surface area contributed by atoms with E-state index in [0.717, 1.165) is 29.4 Å².